The largest absolute Gasteiger partial charge is 0.478 e. The second kappa shape index (κ2) is 4.84. The first kappa shape index (κ1) is 12.3. The van der Waals surface area contributed by atoms with E-state index in [1.165, 1.54) is 12.1 Å². The SMILES string of the molecule is O=C(O)/C=C/c1ccc(Br)c([N+](=O)[O-])c1F. The zero-order valence-corrected chi connectivity index (χ0v) is 9.27. The van der Waals surface area contributed by atoms with Gasteiger partial charge in [0.25, 0.3) is 0 Å². The third-order valence-corrected chi connectivity index (χ3v) is 2.32. The van der Waals surface area contributed by atoms with Crippen LogP contribution in [0.3, 0.4) is 0 Å². The van der Waals surface area contributed by atoms with Crippen molar-refractivity contribution in [1.82, 2.24) is 0 Å². The van der Waals surface area contributed by atoms with Gasteiger partial charge in [-0.1, -0.05) is 6.07 Å². The molecule has 1 aromatic rings. The summed E-state index contributed by atoms with van der Waals surface area (Å²) in [5.41, 5.74) is -0.871. The fourth-order valence-corrected chi connectivity index (χ4v) is 1.46. The third-order valence-electron chi connectivity index (χ3n) is 1.68. The smallest absolute Gasteiger partial charge is 0.328 e. The van der Waals surface area contributed by atoms with Gasteiger partial charge in [-0.15, -0.1) is 0 Å². The van der Waals surface area contributed by atoms with Gasteiger partial charge < -0.3 is 5.11 Å². The van der Waals surface area contributed by atoms with Crippen LogP contribution in [0.25, 0.3) is 6.08 Å². The van der Waals surface area contributed by atoms with Crippen LogP contribution in [0.15, 0.2) is 22.7 Å². The van der Waals surface area contributed by atoms with E-state index in [4.69, 9.17) is 5.11 Å². The Labute approximate surface area is 97.5 Å². The molecule has 0 aliphatic rings. The molecule has 0 radical (unpaired) electrons. The lowest BCUT2D eigenvalue weighted by molar-refractivity contribution is -0.388. The zero-order chi connectivity index (χ0) is 12.3. The predicted molar refractivity (Wildman–Crippen MR) is 57.4 cm³/mol. The van der Waals surface area contributed by atoms with Gasteiger partial charge in [-0.2, -0.15) is 4.39 Å². The highest BCUT2D eigenvalue weighted by molar-refractivity contribution is 9.10. The van der Waals surface area contributed by atoms with Gasteiger partial charge in [0.15, 0.2) is 0 Å². The number of halogens is 2. The minimum absolute atomic E-state index is 0.00229. The van der Waals surface area contributed by atoms with Crippen LogP contribution in [0, 0.1) is 15.9 Å². The van der Waals surface area contributed by atoms with E-state index < -0.39 is 22.4 Å². The van der Waals surface area contributed by atoms with Crippen molar-refractivity contribution >= 4 is 33.7 Å². The highest BCUT2D eigenvalue weighted by Crippen LogP contribution is 2.30. The first-order valence-corrected chi connectivity index (χ1v) is 4.76. The summed E-state index contributed by atoms with van der Waals surface area (Å²) in [5.74, 6) is -2.33. The van der Waals surface area contributed by atoms with E-state index in [0.29, 0.717) is 6.08 Å². The van der Waals surface area contributed by atoms with E-state index in [9.17, 15) is 19.3 Å². The summed E-state index contributed by atoms with van der Waals surface area (Å²) in [7, 11) is 0. The first-order chi connectivity index (χ1) is 7.43. The van der Waals surface area contributed by atoms with Crippen LogP contribution in [-0.4, -0.2) is 16.0 Å². The summed E-state index contributed by atoms with van der Waals surface area (Å²) in [6.07, 6.45) is 1.66. The number of benzene rings is 1. The van der Waals surface area contributed by atoms with Crippen molar-refractivity contribution in [2.75, 3.05) is 0 Å². The summed E-state index contributed by atoms with van der Waals surface area (Å²) in [6, 6.07) is 2.52. The topological polar surface area (TPSA) is 80.4 Å². The third kappa shape index (κ3) is 2.63. The fraction of sp³-hybridized carbons (Fsp3) is 0. The summed E-state index contributed by atoms with van der Waals surface area (Å²) in [4.78, 5) is 19.9. The molecule has 1 aromatic carbocycles. The Bertz CT molecular complexity index is 487. The van der Waals surface area contributed by atoms with Crippen molar-refractivity contribution in [3.05, 3.63) is 44.2 Å². The molecule has 0 spiro atoms. The molecule has 0 unspecified atom stereocenters. The zero-order valence-electron chi connectivity index (χ0n) is 7.68. The van der Waals surface area contributed by atoms with Crippen molar-refractivity contribution in [2.45, 2.75) is 0 Å². The average molecular weight is 290 g/mol. The quantitative estimate of drug-likeness (QED) is 0.527. The summed E-state index contributed by atoms with van der Waals surface area (Å²) >= 11 is 2.84. The molecule has 0 heterocycles. The minimum Gasteiger partial charge on any atom is -0.478 e. The Balaban J connectivity index is 3.29. The molecule has 0 aliphatic carbocycles. The van der Waals surface area contributed by atoms with E-state index >= 15 is 0 Å². The number of nitro groups is 1. The van der Waals surface area contributed by atoms with Gasteiger partial charge in [0.05, 0.1) is 9.40 Å². The Kier molecular flexibility index (Phi) is 3.73. The molecule has 7 heteroatoms. The number of carbonyl (C=O) groups is 1. The number of carboxylic acid groups (broad SMARTS) is 1. The maximum absolute atomic E-state index is 13.5. The highest BCUT2D eigenvalue weighted by atomic mass is 79.9. The van der Waals surface area contributed by atoms with Crippen LogP contribution in [0.1, 0.15) is 5.56 Å². The van der Waals surface area contributed by atoms with Crippen molar-refractivity contribution in [1.29, 1.82) is 0 Å². The second-order valence-corrected chi connectivity index (χ2v) is 3.58. The van der Waals surface area contributed by atoms with Gasteiger partial charge in [-0.05, 0) is 28.1 Å². The van der Waals surface area contributed by atoms with Crippen molar-refractivity contribution in [3.8, 4) is 0 Å². The number of aliphatic carboxylic acids is 1. The molecule has 0 amide bonds. The Morgan fingerprint density at radius 2 is 2.19 bits per heavy atom. The maximum Gasteiger partial charge on any atom is 0.328 e. The summed E-state index contributed by atoms with van der Waals surface area (Å²) < 4.78 is 13.5. The van der Waals surface area contributed by atoms with Crippen molar-refractivity contribution in [2.24, 2.45) is 0 Å². The molecule has 0 saturated heterocycles. The minimum atomic E-state index is -1.26. The first-order valence-electron chi connectivity index (χ1n) is 3.97. The van der Waals surface area contributed by atoms with Crippen LogP contribution >= 0.6 is 15.9 Å². The highest BCUT2D eigenvalue weighted by Gasteiger charge is 2.21. The molecule has 0 bridgehead atoms. The molecule has 0 aliphatic heterocycles. The summed E-state index contributed by atoms with van der Waals surface area (Å²) in [5, 5.41) is 18.9. The molecular weight excluding hydrogens is 285 g/mol. The molecule has 16 heavy (non-hydrogen) atoms. The molecule has 0 fully saturated rings. The van der Waals surface area contributed by atoms with Gasteiger partial charge in [-0.25, -0.2) is 4.79 Å². The van der Waals surface area contributed by atoms with Crippen LogP contribution in [0.4, 0.5) is 10.1 Å². The number of carboxylic acids is 1. The maximum atomic E-state index is 13.5. The molecule has 0 atom stereocenters. The Morgan fingerprint density at radius 3 is 2.69 bits per heavy atom. The number of nitrogens with zero attached hydrogens (tertiary/aromatic N) is 1. The van der Waals surface area contributed by atoms with Crippen LogP contribution in [0.2, 0.25) is 0 Å². The number of hydrogen-bond acceptors (Lipinski definition) is 3. The number of hydrogen-bond donors (Lipinski definition) is 1. The van der Waals surface area contributed by atoms with Crippen LogP contribution in [0.5, 0.6) is 0 Å². The van der Waals surface area contributed by atoms with Gasteiger partial charge in [0.2, 0.25) is 5.82 Å². The van der Waals surface area contributed by atoms with E-state index in [-0.39, 0.29) is 10.0 Å². The monoisotopic (exact) mass is 289 g/mol. The van der Waals surface area contributed by atoms with E-state index in [2.05, 4.69) is 15.9 Å². The second-order valence-electron chi connectivity index (χ2n) is 2.73. The summed E-state index contributed by atoms with van der Waals surface area (Å²) in [6.45, 7) is 0. The molecule has 1 rings (SSSR count). The lowest BCUT2D eigenvalue weighted by atomic mass is 10.1. The molecular formula is C9H5BrFNO4. The Hall–Kier alpha value is -1.76. The standard InChI is InChI=1S/C9H5BrFNO4/c10-6-3-1-5(2-4-7(13)14)8(11)9(6)12(15)16/h1-4H,(H,13,14)/b4-2+. The normalized spacial score (nSPS) is 10.6. The van der Waals surface area contributed by atoms with Gasteiger partial charge in [0, 0.05) is 11.6 Å². The van der Waals surface area contributed by atoms with Gasteiger partial charge >= 0.3 is 11.7 Å². The van der Waals surface area contributed by atoms with Gasteiger partial charge in [-0.3, -0.25) is 10.1 Å². The fourth-order valence-electron chi connectivity index (χ4n) is 1.01. The van der Waals surface area contributed by atoms with Crippen molar-refractivity contribution < 1.29 is 19.2 Å². The lowest BCUT2D eigenvalue weighted by Gasteiger charge is -2.00. The number of rotatable bonds is 3. The predicted octanol–water partition coefficient (Wildman–Crippen LogP) is 2.59. The van der Waals surface area contributed by atoms with Gasteiger partial charge in [0.1, 0.15) is 0 Å². The van der Waals surface area contributed by atoms with Crippen LogP contribution < -0.4 is 0 Å². The lowest BCUT2D eigenvalue weighted by Crippen LogP contribution is -1.96. The molecule has 0 saturated carbocycles. The van der Waals surface area contributed by atoms with Crippen LogP contribution in [-0.2, 0) is 4.79 Å². The average Bonchev–Trinajstić information content (AvgIpc) is 2.15. The van der Waals surface area contributed by atoms with E-state index in [1.54, 1.807) is 0 Å². The molecule has 1 N–H and O–H groups in total. The molecule has 5 nitrogen and oxygen atoms in total. The Morgan fingerprint density at radius 1 is 1.56 bits per heavy atom. The molecule has 0 aromatic heterocycles. The molecule has 84 valence electrons. The van der Waals surface area contributed by atoms with Crippen molar-refractivity contribution in [3.63, 3.8) is 0 Å². The van der Waals surface area contributed by atoms with E-state index in [1.807, 2.05) is 0 Å². The number of nitro benzene ring substituents is 1. The van der Waals surface area contributed by atoms with E-state index in [0.717, 1.165) is 6.08 Å².